The summed E-state index contributed by atoms with van der Waals surface area (Å²) in [7, 11) is 0. The maximum absolute atomic E-state index is 11.7. The maximum atomic E-state index is 11.7. The summed E-state index contributed by atoms with van der Waals surface area (Å²) in [5.41, 5.74) is 0.111. The second kappa shape index (κ2) is 5.18. The SMILES string of the molecule is O=C(Oc1ccc(O)cc1)c1ccc([N+](=O)[O-])cc1. The number of ether oxygens (including phenoxy) is 1. The first kappa shape index (κ1) is 12.6. The molecule has 0 spiro atoms. The van der Waals surface area contributed by atoms with E-state index < -0.39 is 10.9 Å². The lowest BCUT2D eigenvalue weighted by molar-refractivity contribution is -0.384. The molecule has 19 heavy (non-hydrogen) atoms. The van der Waals surface area contributed by atoms with Crippen LogP contribution in [0, 0.1) is 10.1 Å². The number of nitro benzene ring substituents is 1. The first-order chi connectivity index (χ1) is 9.06. The number of benzene rings is 2. The van der Waals surface area contributed by atoms with Crippen LogP contribution in [0.2, 0.25) is 0 Å². The second-order valence-electron chi connectivity index (χ2n) is 3.69. The number of nitro groups is 1. The van der Waals surface area contributed by atoms with Crippen LogP contribution in [0.25, 0.3) is 0 Å². The first-order valence-electron chi connectivity index (χ1n) is 5.32. The van der Waals surface area contributed by atoms with E-state index in [0.29, 0.717) is 0 Å². The second-order valence-corrected chi connectivity index (χ2v) is 3.69. The van der Waals surface area contributed by atoms with Gasteiger partial charge in [0.1, 0.15) is 11.5 Å². The summed E-state index contributed by atoms with van der Waals surface area (Å²) in [6.07, 6.45) is 0. The Balaban J connectivity index is 2.11. The fraction of sp³-hybridized carbons (Fsp3) is 0. The van der Waals surface area contributed by atoms with Crippen LogP contribution in [0.5, 0.6) is 11.5 Å². The highest BCUT2D eigenvalue weighted by molar-refractivity contribution is 5.91. The molecule has 2 rings (SSSR count). The number of aromatic hydroxyl groups is 1. The van der Waals surface area contributed by atoms with Crippen LogP contribution in [0.3, 0.4) is 0 Å². The van der Waals surface area contributed by atoms with Crippen molar-refractivity contribution in [3.8, 4) is 11.5 Å². The predicted octanol–water partition coefficient (Wildman–Crippen LogP) is 2.52. The van der Waals surface area contributed by atoms with Crippen molar-refractivity contribution in [2.24, 2.45) is 0 Å². The van der Waals surface area contributed by atoms with Gasteiger partial charge >= 0.3 is 5.97 Å². The molecule has 0 aliphatic carbocycles. The molecule has 0 amide bonds. The Labute approximate surface area is 108 Å². The minimum absolute atomic E-state index is 0.0649. The molecular formula is C13H9NO5. The third-order valence-corrected chi connectivity index (χ3v) is 2.36. The standard InChI is InChI=1S/C13H9NO5/c15-11-5-7-12(8-6-11)19-13(16)9-1-3-10(4-2-9)14(17)18/h1-8,15H. The Hall–Kier alpha value is -2.89. The fourth-order valence-electron chi connectivity index (χ4n) is 1.40. The third kappa shape index (κ3) is 3.06. The summed E-state index contributed by atoms with van der Waals surface area (Å²) in [5.74, 6) is -0.281. The fourth-order valence-corrected chi connectivity index (χ4v) is 1.40. The smallest absolute Gasteiger partial charge is 0.343 e. The molecular weight excluding hydrogens is 250 g/mol. The highest BCUT2D eigenvalue weighted by atomic mass is 16.6. The molecule has 2 aromatic carbocycles. The Morgan fingerprint density at radius 1 is 1.05 bits per heavy atom. The van der Waals surface area contributed by atoms with E-state index in [1.54, 1.807) is 0 Å². The van der Waals surface area contributed by atoms with E-state index in [0.717, 1.165) is 0 Å². The molecule has 0 saturated heterocycles. The molecule has 0 heterocycles. The average Bonchev–Trinajstić information content (AvgIpc) is 2.41. The van der Waals surface area contributed by atoms with Crippen LogP contribution >= 0.6 is 0 Å². The van der Waals surface area contributed by atoms with Gasteiger partial charge in [-0.2, -0.15) is 0 Å². The van der Waals surface area contributed by atoms with Crippen LogP contribution in [0.4, 0.5) is 5.69 Å². The number of hydrogen-bond acceptors (Lipinski definition) is 5. The maximum Gasteiger partial charge on any atom is 0.343 e. The van der Waals surface area contributed by atoms with Crippen molar-refractivity contribution in [2.75, 3.05) is 0 Å². The molecule has 96 valence electrons. The summed E-state index contributed by atoms with van der Waals surface area (Å²) in [6.45, 7) is 0. The molecule has 0 saturated carbocycles. The average molecular weight is 259 g/mol. The van der Waals surface area contributed by atoms with Crippen LogP contribution < -0.4 is 4.74 Å². The van der Waals surface area contributed by atoms with E-state index in [2.05, 4.69) is 0 Å². The van der Waals surface area contributed by atoms with Crippen LogP contribution in [0.1, 0.15) is 10.4 Å². The number of phenolic OH excluding ortho intramolecular Hbond substituents is 1. The Morgan fingerprint density at radius 2 is 1.63 bits per heavy atom. The van der Waals surface area contributed by atoms with E-state index >= 15 is 0 Å². The Bertz CT molecular complexity index is 604. The number of carbonyl (C=O) groups excluding carboxylic acids is 1. The summed E-state index contributed by atoms with van der Waals surface area (Å²) in [6, 6.07) is 10.8. The molecule has 2 aromatic rings. The summed E-state index contributed by atoms with van der Waals surface area (Å²) >= 11 is 0. The quantitative estimate of drug-likeness (QED) is 0.396. The molecule has 0 unspecified atom stereocenters. The highest BCUT2D eigenvalue weighted by Crippen LogP contribution is 2.18. The molecule has 0 aliphatic rings. The van der Waals surface area contributed by atoms with Gasteiger partial charge in [-0.3, -0.25) is 10.1 Å². The number of esters is 1. The number of hydrogen-bond donors (Lipinski definition) is 1. The van der Waals surface area contributed by atoms with Crippen molar-refractivity contribution in [1.82, 2.24) is 0 Å². The van der Waals surface area contributed by atoms with E-state index in [9.17, 15) is 14.9 Å². The van der Waals surface area contributed by atoms with Gasteiger partial charge in [-0.15, -0.1) is 0 Å². The summed E-state index contributed by atoms with van der Waals surface area (Å²) < 4.78 is 5.04. The Kier molecular flexibility index (Phi) is 3.42. The summed E-state index contributed by atoms with van der Waals surface area (Å²) in [5, 5.41) is 19.6. The molecule has 6 heteroatoms. The van der Waals surface area contributed by atoms with E-state index in [1.807, 2.05) is 0 Å². The monoisotopic (exact) mass is 259 g/mol. The van der Waals surface area contributed by atoms with Gasteiger partial charge in [0.2, 0.25) is 0 Å². The zero-order valence-electron chi connectivity index (χ0n) is 9.65. The molecule has 0 aliphatic heterocycles. The van der Waals surface area contributed by atoms with Gasteiger partial charge < -0.3 is 9.84 Å². The van der Waals surface area contributed by atoms with Crippen LogP contribution in [-0.4, -0.2) is 16.0 Å². The van der Waals surface area contributed by atoms with Crippen molar-refractivity contribution in [3.05, 3.63) is 64.2 Å². The number of rotatable bonds is 3. The zero-order valence-corrected chi connectivity index (χ0v) is 9.65. The molecule has 0 radical (unpaired) electrons. The predicted molar refractivity (Wildman–Crippen MR) is 66.2 cm³/mol. The Morgan fingerprint density at radius 3 is 2.16 bits per heavy atom. The minimum Gasteiger partial charge on any atom is -0.508 e. The van der Waals surface area contributed by atoms with E-state index in [-0.39, 0.29) is 22.7 Å². The largest absolute Gasteiger partial charge is 0.508 e. The van der Waals surface area contributed by atoms with Crippen LogP contribution in [0.15, 0.2) is 48.5 Å². The first-order valence-corrected chi connectivity index (χ1v) is 5.32. The zero-order chi connectivity index (χ0) is 13.8. The number of nitrogens with zero attached hydrogens (tertiary/aromatic N) is 1. The van der Waals surface area contributed by atoms with Crippen molar-refractivity contribution < 1.29 is 19.6 Å². The van der Waals surface area contributed by atoms with Crippen molar-refractivity contribution >= 4 is 11.7 Å². The lowest BCUT2D eigenvalue weighted by Gasteiger charge is -2.04. The number of carbonyl (C=O) groups is 1. The highest BCUT2D eigenvalue weighted by Gasteiger charge is 2.11. The summed E-state index contributed by atoms with van der Waals surface area (Å²) in [4.78, 5) is 21.6. The van der Waals surface area contributed by atoms with Crippen molar-refractivity contribution in [1.29, 1.82) is 0 Å². The normalized spacial score (nSPS) is 9.89. The van der Waals surface area contributed by atoms with E-state index in [4.69, 9.17) is 9.84 Å². The lowest BCUT2D eigenvalue weighted by atomic mass is 10.2. The van der Waals surface area contributed by atoms with Gasteiger partial charge in [0.25, 0.3) is 5.69 Å². The van der Waals surface area contributed by atoms with Crippen LogP contribution in [-0.2, 0) is 0 Å². The topological polar surface area (TPSA) is 89.7 Å². The van der Waals surface area contributed by atoms with E-state index in [1.165, 1.54) is 48.5 Å². The molecule has 0 fully saturated rings. The van der Waals surface area contributed by atoms with Gasteiger partial charge in [0, 0.05) is 12.1 Å². The van der Waals surface area contributed by atoms with Crippen molar-refractivity contribution in [3.63, 3.8) is 0 Å². The molecule has 1 N–H and O–H groups in total. The number of non-ortho nitro benzene ring substituents is 1. The van der Waals surface area contributed by atoms with Crippen molar-refractivity contribution in [2.45, 2.75) is 0 Å². The molecule has 0 bridgehead atoms. The lowest BCUT2D eigenvalue weighted by Crippen LogP contribution is -2.08. The third-order valence-electron chi connectivity index (χ3n) is 2.36. The van der Waals surface area contributed by atoms with Gasteiger partial charge in [0.15, 0.2) is 0 Å². The van der Waals surface area contributed by atoms with Gasteiger partial charge in [0.05, 0.1) is 10.5 Å². The van der Waals surface area contributed by atoms with Gasteiger partial charge in [-0.05, 0) is 36.4 Å². The van der Waals surface area contributed by atoms with Gasteiger partial charge in [-0.25, -0.2) is 4.79 Å². The molecule has 0 aromatic heterocycles. The molecule has 6 nitrogen and oxygen atoms in total. The minimum atomic E-state index is -0.624. The molecule has 0 atom stereocenters. The number of phenols is 1. The van der Waals surface area contributed by atoms with Gasteiger partial charge in [-0.1, -0.05) is 0 Å².